The summed E-state index contributed by atoms with van der Waals surface area (Å²) in [5.41, 5.74) is 4.62. The fraction of sp³-hybridized carbons (Fsp3) is 0.250. The van der Waals surface area contributed by atoms with Gasteiger partial charge in [-0.3, -0.25) is 4.68 Å². The van der Waals surface area contributed by atoms with Gasteiger partial charge in [0, 0.05) is 24.8 Å². The number of hydrogen-bond acceptors (Lipinski definition) is 4. The van der Waals surface area contributed by atoms with E-state index in [1.165, 1.54) is 5.56 Å². The van der Waals surface area contributed by atoms with Gasteiger partial charge >= 0.3 is 0 Å². The highest BCUT2D eigenvalue weighted by Gasteiger charge is 2.17. The van der Waals surface area contributed by atoms with E-state index in [2.05, 4.69) is 70.3 Å². The molecule has 6 heteroatoms. The summed E-state index contributed by atoms with van der Waals surface area (Å²) in [6.07, 6.45) is 4.76. The standard InChI is InChI=1S/C24H25ClN4S/c1-17(2)16-29-24(21-8-9-22(25)30-21)20(15-28-29)19-11-13-27-23(14-19)26-12-10-18-6-4-3-5-7-18/h3-9,11,13-15,17H,10,12,16H2,1-2H3,(H,26,27). The van der Waals surface area contributed by atoms with Crippen molar-refractivity contribution < 1.29 is 0 Å². The molecule has 154 valence electrons. The first-order valence-electron chi connectivity index (χ1n) is 10.2. The lowest BCUT2D eigenvalue weighted by Crippen LogP contribution is -2.07. The van der Waals surface area contributed by atoms with E-state index >= 15 is 0 Å². The van der Waals surface area contributed by atoms with Gasteiger partial charge in [-0.25, -0.2) is 4.98 Å². The Hall–Kier alpha value is -2.63. The van der Waals surface area contributed by atoms with Gasteiger partial charge < -0.3 is 5.32 Å². The van der Waals surface area contributed by atoms with Crippen LogP contribution in [0.5, 0.6) is 0 Å². The Kier molecular flexibility index (Phi) is 6.50. The van der Waals surface area contributed by atoms with Gasteiger partial charge in [0.25, 0.3) is 0 Å². The largest absolute Gasteiger partial charge is 0.370 e. The van der Waals surface area contributed by atoms with Crippen LogP contribution in [0.1, 0.15) is 19.4 Å². The minimum atomic E-state index is 0.500. The molecule has 0 amide bonds. The minimum Gasteiger partial charge on any atom is -0.370 e. The number of anilines is 1. The van der Waals surface area contributed by atoms with Gasteiger partial charge in [-0.05, 0) is 47.7 Å². The zero-order valence-corrected chi connectivity index (χ0v) is 18.7. The molecule has 1 aromatic carbocycles. The number of benzene rings is 1. The van der Waals surface area contributed by atoms with E-state index in [1.807, 2.05) is 30.6 Å². The number of halogens is 1. The van der Waals surface area contributed by atoms with Crippen LogP contribution in [0.3, 0.4) is 0 Å². The third-order valence-electron chi connectivity index (χ3n) is 4.82. The summed E-state index contributed by atoms with van der Waals surface area (Å²) in [7, 11) is 0. The molecule has 1 N–H and O–H groups in total. The SMILES string of the molecule is CC(C)Cn1ncc(-c2ccnc(NCCc3ccccc3)c2)c1-c1ccc(Cl)s1. The van der Waals surface area contributed by atoms with E-state index in [-0.39, 0.29) is 0 Å². The maximum atomic E-state index is 6.24. The van der Waals surface area contributed by atoms with Gasteiger partial charge in [0.1, 0.15) is 5.82 Å². The average molecular weight is 437 g/mol. The molecule has 0 atom stereocenters. The molecule has 0 aliphatic rings. The molecule has 30 heavy (non-hydrogen) atoms. The van der Waals surface area contributed by atoms with Gasteiger partial charge in [0.15, 0.2) is 0 Å². The smallest absolute Gasteiger partial charge is 0.126 e. The summed E-state index contributed by atoms with van der Waals surface area (Å²) >= 11 is 7.82. The zero-order valence-electron chi connectivity index (χ0n) is 17.2. The summed E-state index contributed by atoms with van der Waals surface area (Å²) in [6.45, 7) is 6.10. The first-order valence-corrected chi connectivity index (χ1v) is 11.4. The van der Waals surface area contributed by atoms with Crippen LogP contribution in [0.2, 0.25) is 4.34 Å². The predicted octanol–water partition coefficient (Wildman–Crippen LogP) is 6.64. The van der Waals surface area contributed by atoms with E-state index in [0.717, 1.165) is 51.4 Å². The van der Waals surface area contributed by atoms with Crippen LogP contribution in [-0.4, -0.2) is 21.3 Å². The fourth-order valence-corrected chi connectivity index (χ4v) is 4.56. The Morgan fingerprint density at radius 2 is 1.93 bits per heavy atom. The van der Waals surface area contributed by atoms with Crippen LogP contribution in [0.15, 0.2) is 67.0 Å². The molecular formula is C24H25ClN4S. The van der Waals surface area contributed by atoms with Crippen LogP contribution in [-0.2, 0) is 13.0 Å². The number of pyridine rings is 1. The van der Waals surface area contributed by atoms with Crippen molar-refractivity contribution >= 4 is 28.8 Å². The maximum Gasteiger partial charge on any atom is 0.126 e. The third kappa shape index (κ3) is 4.91. The molecule has 0 radical (unpaired) electrons. The lowest BCUT2D eigenvalue weighted by Gasteiger charge is -2.11. The topological polar surface area (TPSA) is 42.7 Å². The van der Waals surface area contributed by atoms with Gasteiger partial charge in [-0.1, -0.05) is 55.8 Å². The Bertz CT molecular complexity index is 1100. The summed E-state index contributed by atoms with van der Waals surface area (Å²) < 4.78 is 2.87. The monoisotopic (exact) mass is 436 g/mol. The average Bonchev–Trinajstić information content (AvgIpc) is 3.34. The molecule has 3 aromatic heterocycles. The Balaban J connectivity index is 1.59. The minimum absolute atomic E-state index is 0.500. The highest BCUT2D eigenvalue weighted by Crippen LogP contribution is 2.38. The molecule has 4 nitrogen and oxygen atoms in total. The van der Waals surface area contributed by atoms with Crippen molar-refractivity contribution in [2.45, 2.75) is 26.8 Å². The van der Waals surface area contributed by atoms with Crippen molar-refractivity contribution in [3.05, 3.63) is 76.9 Å². The fourth-order valence-electron chi connectivity index (χ4n) is 3.46. The number of nitrogens with zero attached hydrogens (tertiary/aromatic N) is 3. The third-order valence-corrected chi connectivity index (χ3v) is 6.06. The maximum absolute atomic E-state index is 6.24. The van der Waals surface area contributed by atoms with Crippen molar-refractivity contribution in [3.8, 4) is 21.7 Å². The second kappa shape index (κ2) is 9.45. The highest BCUT2D eigenvalue weighted by molar-refractivity contribution is 7.19. The molecule has 4 aromatic rings. The summed E-state index contributed by atoms with van der Waals surface area (Å²) in [5, 5.41) is 8.14. The molecule has 0 saturated carbocycles. The normalized spacial score (nSPS) is 11.2. The molecule has 3 heterocycles. The molecule has 0 spiro atoms. The van der Waals surface area contributed by atoms with Crippen molar-refractivity contribution in [1.82, 2.24) is 14.8 Å². The molecular weight excluding hydrogens is 412 g/mol. The second-order valence-corrected chi connectivity index (χ2v) is 9.39. The first-order chi connectivity index (χ1) is 14.6. The molecule has 0 unspecified atom stereocenters. The van der Waals surface area contributed by atoms with Crippen LogP contribution in [0.25, 0.3) is 21.7 Å². The van der Waals surface area contributed by atoms with Crippen LogP contribution in [0, 0.1) is 5.92 Å². The van der Waals surface area contributed by atoms with Gasteiger partial charge in [0.05, 0.1) is 21.1 Å². The molecule has 4 rings (SSSR count). The quantitative estimate of drug-likeness (QED) is 0.336. The Labute approximate surface area is 186 Å². The summed E-state index contributed by atoms with van der Waals surface area (Å²) in [5.74, 6) is 1.37. The number of aromatic nitrogens is 3. The van der Waals surface area contributed by atoms with Crippen molar-refractivity contribution in [2.24, 2.45) is 5.92 Å². The van der Waals surface area contributed by atoms with Crippen molar-refractivity contribution in [1.29, 1.82) is 0 Å². The van der Waals surface area contributed by atoms with Gasteiger partial charge in [-0.15, -0.1) is 11.3 Å². The Morgan fingerprint density at radius 3 is 2.67 bits per heavy atom. The predicted molar refractivity (Wildman–Crippen MR) is 127 cm³/mol. The summed E-state index contributed by atoms with van der Waals surface area (Å²) in [4.78, 5) is 5.63. The molecule has 0 fully saturated rings. The van der Waals surface area contributed by atoms with E-state index in [4.69, 9.17) is 11.6 Å². The number of nitrogens with one attached hydrogen (secondary N) is 1. The van der Waals surface area contributed by atoms with Gasteiger partial charge in [0.2, 0.25) is 0 Å². The van der Waals surface area contributed by atoms with Crippen molar-refractivity contribution in [2.75, 3.05) is 11.9 Å². The lowest BCUT2D eigenvalue weighted by molar-refractivity contribution is 0.487. The lowest BCUT2D eigenvalue weighted by atomic mass is 10.1. The second-order valence-electron chi connectivity index (χ2n) is 7.68. The van der Waals surface area contributed by atoms with Crippen LogP contribution >= 0.6 is 22.9 Å². The number of rotatable bonds is 8. The number of hydrogen-bond donors (Lipinski definition) is 1. The summed E-state index contributed by atoms with van der Waals surface area (Å²) in [6, 6.07) is 18.6. The Morgan fingerprint density at radius 1 is 1.10 bits per heavy atom. The van der Waals surface area contributed by atoms with Crippen LogP contribution < -0.4 is 5.32 Å². The highest BCUT2D eigenvalue weighted by atomic mass is 35.5. The van der Waals surface area contributed by atoms with E-state index < -0.39 is 0 Å². The van der Waals surface area contributed by atoms with E-state index in [1.54, 1.807) is 11.3 Å². The van der Waals surface area contributed by atoms with E-state index in [9.17, 15) is 0 Å². The van der Waals surface area contributed by atoms with Gasteiger partial charge in [-0.2, -0.15) is 5.10 Å². The van der Waals surface area contributed by atoms with Crippen LogP contribution in [0.4, 0.5) is 5.82 Å². The zero-order chi connectivity index (χ0) is 20.9. The van der Waals surface area contributed by atoms with Crippen molar-refractivity contribution in [3.63, 3.8) is 0 Å². The first kappa shape index (κ1) is 20.6. The molecule has 0 aliphatic heterocycles. The molecule has 0 bridgehead atoms. The van der Waals surface area contributed by atoms with E-state index in [0.29, 0.717) is 5.92 Å². The molecule has 0 saturated heterocycles. The number of thiophene rings is 1. The molecule has 0 aliphatic carbocycles.